The Kier molecular flexibility index (Phi) is 5.81. The van der Waals surface area contributed by atoms with Gasteiger partial charge in [0.2, 0.25) is 0 Å². The predicted octanol–water partition coefficient (Wildman–Crippen LogP) is 4.81. The minimum atomic E-state index is -0.341. The second-order valence-corrected chi connectivity index (χ2v) is 7.76. The van der Waals surface area contributed by atoms with Crippen molar-refractivity contribution in [3.8, 4) is 11.4 Å². The molecular weight excluding hydrogens is 396 g/mol. The molecule has 2 aromatic heterocycles. The molecule has 0 N–H and O–H groups in total. The molecule has 0 unspecified atom stereocenters. The molecule has 4 rings (SSSR count). The summed E-state index contributed by atoms with van der Waals surface area (Å²) in [5, 5.41) is 10.4. The molecule has 0 atom stereocenters. The van der Waals surface area contributed by atoms with Crippen LogP contribution in [0.25, 0.3) is 22.3 Å². The Bertz CT molecular complexity index is 1200. The molecule has 0 aliphatic rings. The number of hydrogen-bond acceptors (Lipinski definition) is 6. The van der Waals surface area contributed by atoms with Gasteiger partial charge in [0.15, 0.2) is 11.0 Å². The van der Waals surface area contributed by atoms with Crippen LogP contribution in [0.3, 0.4) is 0 Å². The number of fused-ring (bicyclic) bond motifs is 1. The van der Waals surface area contributed by atoms with E-state index in [1.165, 1.54) is 11.8 Å². The first-order valence-corrected chi connectivity index (χ1v) is 10.7. The molecule has 4 aromatic rings. The van der Waals surface area contributed by atoms with Gasteiger partial charge in [0.05, 0.1) is 23.4 Å². The van der Waals surface area contributed by atoms with Crippen LogP contribution in [0, 0.1) is 6.92 Å². The lowest BCUT2D eigenvalue weighted by atomic mass is 10.0. The van der Waals surface area contributed by atoms with Gasteiger partial charge in [0.25, 0.3) is 0 Å². The minimum Gasteiger partial charge on any atom is -0.462 e. The molecule has 7 heteroatoms. The van der Waals surface area contributed by atoms with Crippen molar-refractivity contribution in [2.45, 2.75) is 24.8 Å². The Labute approximate surface area is 179 Å². The number of esters is 1. The van der Waals surface area contributed by atoms with Gasteiger partial charge < -0.3 is 9.30 Å². The van der Waals surface area contributed by atoms with Crippen LogP contribution in [0.5, 0.6) is 0 Å². The van der Waals surface area contributed by atoms with Crippen LogP contribution in [0.15, 0.2) is 59.8 Å². The van der Waals surface area contributed by atoms with Gasteiger partial charge in [-0.1, -0.05) is 60.3 Å². The van der Waals surface area contributed by atoms with Crippen molar-refractivity contribution < 1.29 is 9.53 Å². The van der Waals surface area contributed by atoms with Gasteiger partial charge >= 0.3 is 5.97 Å². The number of aryl methyl sites for hydroxylation is 1. The largest absolute Gasteiger partial charge is 0.462 e. The Hall–Kier alpha value is -3.19. The van der Waals surface area contributed by atoms with Gasteiger partial charge in [-0.05, 0) is 25.5 Å². The maximum atomic E-state index is 12.7. The molecule has 152 valence electrons. The summed E-state index contributed by atoms with van der Waals surface area (Å²) >= 11 is 1.50. The molecule has 0 saturated heterocycles. The number of ether oxygens (including phenoxy) is 1. The zero-order chi connectivity index (χ0) is 21.1. The van der Waals surface area contributed by atoms with Crippen molar-refractivity contribution in [3.05, 3.63) is 71.4 Å². The molecule has 0 aliphatic carbocycles. The van der Waals surface area contributed by atoms with Crippen molar-refractivity contribution >= 4 is 28.6 Å². The molecule has 0 spiro atoms. The summed E-state index contributed by atoms with van der Waals surface area (Å²) in [6.45, 7) is 4.07. The third-order valence-electron chi connectivity index (χ3n) is 4.91. The molecule has 0 saturated carbocycles. The highest BCUT2D eigenvalue weighted by atomic mass is 32.2. The van der Waals surface area contributed by atoms with E-state index in [1.54, 1.807) is 6.92 Å². The number of pyridine rings is 1. The fraction of sp³-hybridized carbons (Fsp3) is 0.217. The zero-order valence-electron chi connectivity index (χ0n) is 17.1. The highest BCUT2D eigenvalue weighted by Gasteiger charge is 2.21. The van der Waals surface area contributed by atoms with E-state index < -0.39 is 0 Å². The number of carbonyl (C=O) groups excluding carboxylic acids is 1. The molecule has 2 heterocycles. The molecule has 0 bridgehead atoms. The molecule has 0 fully saturated rings. The Morgan fingerprint density at radius 3 is 2.57 bits per heavy atom. The number of benzene rings is 2. The number of aromatic nitrogens is 4. The zero-order valence-corrected chi connectivity index (χ0v) is 17.9. The number of nitrogens with zero attached hydrogens (tertiary/aromatic N) is 4. The molecule has 30 heavy (non-hydrogen) atoms. The SMILES string of the molecule is CCOC(=O)c1c(CSc2nnc(-c3ccccc3)n2C)nc2ccccc2c1C. The predicted molar refractivity (Wildman–Crippen MR) is 118 cm³/mol. The lowest BCUT2D eigenvalue weighted by molar-refractivity contribution is 0.0524. The standard InChI is InChI=1S/C23H22N4O2S/c1-4-29-22(28)20-15(2)17-12-8-9-13-18(17)24-19(20)14-30-23-26-25-21(27(23)3)16-10-6-5-7-11-16/h5-13H,4,14H2,1-3H3. The van der Waals surface area contributed by atoms with Crippen LogP contribution in [0.2, 0.25) is 0 Å². The van der Waals surface area contributed by atoms with Crippen LogP contribution >= 0.6 is 11.8 Å². The number of para-hydroxylation sites is 1. The van der Waals surface area contributed by atoms with Gasteiger partial charge in [-0.3, -0.25) is 4.98 Å². The van der Waals surface area contributed by atoms with E-state index in [0.29, 0.717) is 23.6 Å². The molecule has 0 aliphatic heterocycles. The summed E-state index contributed by atoms with van der Waals surface area (Å²) in [6.07, 6.45) is 0. The molecule has 6 nitrogen and oxygen atoms in total. The van der Waals surface area contributed by atoms with Crippen molar-refractivity contribution in [1.82, 2.24) is 19.7 Å². The maximum absolute atomic E-state index is 12.7. The monoisotopic (exact) mass is 418 g/mol. The highest BCUT2D eigenvalue weighted by molar-refractivity contribution is 7.98. The molecule has 2 aromatic carbocycles. The van der Waals surface area contributed by atoms with Gasteiger partial charge in [-0.25, -0.2) is 4.79 Å². The number of hydrogen-bond donors (Lipinski definition) is 0. The van der Waals surface area contributed by atoms with E-state index in [4.69, 9.17) is 9.72 Å². The fourth-order valence-corrected chi connectivity index (χ4v) is 4.28. The lowest BCUT2D eigenvalue weighted by Crippen LogP contribution is -2.12. The first-order chi connectivity index (χ1) is 14.6. The van der Waals surface area contributed by atoms with Crippen LogP contribution in [-0.4, -0.2) is 32.3 Å². The normalized spacial score (nSPS) is 11.0. The summed E-state index contributed by atoms with van der Waals surface area (Å²) in [5.74, 6) is 0.943. The Morgan fingerprint density at radius 1 is 1.07 bits per heavy atom. The van der Waals surface area contributed by atoms with Crippen LogP contribution < -0.4 is 0 Å². The summed E-state index contributed by atoms with van der Waals surface area (Å²) < 4.78 is 7.27. The van der Waals surface area contributed by atoms with E-state index in [2.05, 4.69) is 10.2 Å². The first-order valence-electron chi connectivity index (χ1n) is 9.73. The van der Waals surface area contributed by atoms with Gasteiger partial charge in [0, 0.05) is 23.8 Å². The lowest BCUT2D eigenvalue weighted by Gasteiger charge is -2.13. The quantitative estimate of drug-likeness (QED) is 0.331. The molecule has 0 amide bonds. The summed E-state index contributed by atoms with van der Waals surface area (Å²) in [5.41, 5.74) is 3.98. The van der Waals surface area contributed by atoms with Gasteiger partial charge in [0.1, 0.15) is 0 Å². The molecule has 0 radical (unpaired) electrons. The average molecular weight is 419 g/mol. The van der Waals surface area contributed by atoms with Crippen LogP contribution in [-0.2, 0) is 17.5 Å². The second-order valence-electron chi connectivity index (χ2n) is 6.82. The summed E-state index contributed by atoms with van der Waals surface area (Å²) in [6, 6.07) is 17.8. The smallest absolute Gasteiger partial charge is 0.340 e. The molecular formula is C23H22N4O2S. The number of rotatable bonds is 6. The third kappa shape index (κ3) is 3.80. The topological polar surface area (TPSA) is 69.9 Å². The van der Waals surface area contributed by atoms with E-state index in [-0.39, 0.29) is 5.97 Å². The number of thioether (sulfide) groups is 1. The maximum Gasteiger partial charge on any atom is 0.340 e. The van der Waals surface area contributed by atoms with Gasteiger partial charge in [-0.2, -0.15) is 0 Å². The summed E-state index contributed by atoms with van der Waals surface area (Å²) in [4.78, 5) is 17.5. The Balaban J connectivity index is 1.68. The van der Waals surface area contributed by atoms with E-state index in [9.17, 15) is 4.79 Å². The van der Waals surface area contributed by atoms with Crippen molar-refractivity contribution in [3.63, 3.8) is 0 Å². The van der Waals surface area contributed by atoms with E-state index in [0.717, 1.165) is 33.0 Å². The minimum absolute atomic E-state index is 0.321. The first kappa shape index (κ1) is 20.1. The van der Waals surface area contributed by atoms with Crippen LogP contribution in [0.4, 0.5) is 0 Å². The number of carbonyl (C=O) groups is 1. The third-order valence-corrected chi connectivity index (χ3v) is 5.94. The van der Waals surface area contributed by atoms with Crippen molar-refractivity contribution in [1.29, 1.82) is 0 Å². The second kappa shape index (κ2) is 8.67. The van der Waals surface area contributed by atoms with Crippen molar-refractivity contribution in [2.75, 3.05) is 6.61 Å². The van der Waals surface area contributed by atoms with Crippen LogP contribution in [0.1, 0.15) is 28.5 Å². The van der Waals surface area contributed by atoms with E-state index >= 15 is 0 Å². The van der Waals surface area contributed by atoms with E-state index in [1.807, 2.05) is 73.1 Å². The average Bonchev–Trinajstić information content (AvgIpc) is 3.13. The fourth-order valence-electron chi connectivity index (χ4n) is 3.43. The highest BCUT2D eigenvalue weighted by Crippen LogP contribution is 2.29. The van der Waals surface area contributed by atoms with Gasteiger partial charge in [-0.15, -0.1) is 10.2 Å². The summed E-state index contributed by atoms with van der Waals surface area (Å²) in [7, 11) is 1.94. The Morgan fingerprint density at radius 2 is 1.80 bits per heavy atom. The van der Waals surface area contributed by atoms with Crippen molar-refractivity contribution in [2.24, 2.45) is 7.05 Å².